The van der Waals surface area contributed by atoms with Crippen molar-refractivity contribution in [1.29, 1.82) is 0 Å². The molecule has 2 aromatic heterocycles. The molecule has 0 radical (unpaired) electrons. The molecule has 2 heterocycles. The number of nitro groups is 2. The lowest BCUT2D eigenvalue weighted by atomic mass is 9.96. The van der Waals surface area contributed by atoms with Crippen LogP contribution in [-0.4, -0.2) is 95.4 Å². The van der Waals surface area contributed by atoms with Crippen LogP contribution in [0.25, 0.3) is 0 Å². The summed E-state index contributed by atoms with van der Waals surface area (Å²) in [6.07, 6.45) is 3.54. The van der Waals surface area contributed by atoms with Crippen LogP contribution >= 0.6 is 47.5 Å². The first-order chi connectivity index (χ1) is 28.4. The van der Waals surface area contributed by atoms with Gasteiger partial charge in [0.05, 0.1) is 9.85 Å². The number of nitrogens with one attached hydrogen (secondary N) is 3. The van der Waals surface area contributed by atoms with Gasteiger partial charge in [0.2, 0.25) is 22.6 Å². The zero-order chi connectivity index (χ0) is 46.4. The second kappa shape index (κ2) is 24.6. The van der Waals surface area contributed by atoms with Crippen LogP contribution in [-0.2, 0) is 0 Å². The Morgan fingerprint density at radius 3 is 1.52 bits per heavy atom. The van der Waals surface area contributed by atoms with Gasteiger partial charge in [-0.2, -0.15) is 15.0 Å². The molecular formula is C40H56Cl2N12O6S2-2. The largest absolute Gasteiger partial charge is 0.859 e. The van der Waals surface area contributed by atoms with E-state index in [-0.39, 0.29) is 52.0 Å². The third kappa shape index (κ3) is 16.7. The third-order valence-electron chi connectivity index (χ3n) is 8.06. The van der Waals surface area contributed by atoms with Crippen molar-refractivity contribution in [3.63, 3.8) is 0 Å². The molecule has 0 aliphatic heterocycles. The van der Waals surface area contributed by atoms with E-state index >= 15 is 0 Å². The first-order valence-corrected chi connectivity index (χ1v) is 21.5. The number of aliphatic imine (C=N–C) groups is 2. The smallest absolute Gasteiger partial charge is 0.353 e. The topological polar surface area (TPSA) is 248 Å². The summed E-state index contributed by atoms with van der Waals surface area (Å²) in [7, 11) is 6.58. The second-order valence-corrected chi connectivity index (χ2v) is 17.7. The van der Waals surface area contributed by atoms with Gasteiger partial charge in [0.15, 0.2) is 10.3 Å². The van der Waals surface area contributed by atoms with Gasteiger partial charge < -0.3 is 41.0 Å². The maximum atomic E-state index is 12.0. The van der Waals surface area contributed by atoms with Gasteiger partial charge in [-0.25, -0.2) is 4.98 Å². The maximum Gasteiger partial charge on any atom is 0.353 e. The molecule has 62 heavy (non-hydrogen) atoms. The van der Waals surface area contributed by atoms with Crippen molar-refractivity contribution in [2.45, 2.75) is 65.7 Å². The third-order valence-corrected chi connectivity index (χ3v) is 9.42. The summed E-state index contributed by atoms with van der Waals surface area (Å²) in [5.41, 5.74) is 3.09. The number of hydrogen-bond acceptors (Lipinski definition) is 18. The molecule has 0 fully saturated rings. The van der Waals surface area contributed by atoms with Crippen molar-refractivity contribution in [1.82, 2.24) is 25.3 Å². The van der Waals surface area contributed by atoms with Crippen LogP contribution in [0.2, 0.25) is 5.15 Å². The minimum Gasteiger partial charge on any atom is -0.859 e. The molecule has 0 unspecified atom stereocenters. The van der Waals surface area contributed by atoms with Crippen molar-refractivity contribution >= 4 is 99.5 Å². The van der Waals surface area contributed by atoms with Crippen molar-refractivity contribution in [2.75, 3.05) is 69.3 Å². The molecule has 4 rings (SSSR count). The Kier molecular flexibility index (Phi) is 21.8. The Labute approximate surface area is 383 Å². The van der Waals surface area contributed by atoms with E-state index in [4.69, 9.17) is 11.6 Å². The van der Waals surface area contributed by atoms with Gasteiger partial charge in [-0.05, 0) is 97.0 Å². The SMILES string of the molecule is CN=C([O-])c1ccc(C)c(Nc2nc(SC)nc(Cl)c2[N+](=O)[O-])c1.CN=C([O-])c1ccc(C)c(Nc2nc(SC)nc(N(C)CC(C)(C)C)c2[N+](=O)[O-])c1.CNCC(C)(C)C.Cl. The van der Waals surface area contributed by atoms with E-state index in [1.54, 1.807) is 61.5 Å². The number of aryl methyl sites for hydroxylation is 2. The van der Waals surface area contributed by atoms with E-state index in [9.17, 15) is 30.4 Å². The van der Waals surface area contributed by atoms with E-state index < -0.39 is 21.4 Å². The summed E-state index contributed by atoms with van der Waals surface area (Å²) in [5, 5.41) is 56.4. The maximum absolute atomic E-state index is 12.0. The molecule has 22 heteroatoms. The van der Waals surface area contributed by atoms with Crippen molar-refractivity contribution in [2.24, 2.45) is 20.8 Å². The molecule has 340 valence electrons. The van der Waals surface area contributed by atoms with E-state index in [0.717, 1.165) is 17.7 Å². The first-order valence-electron chi connectivity index (χ1n) is 18.7. The second-order valence-electron chi connectivity index (χ2n) is 15.8. The number of thioether (sulfide) groups is 2. The molecule has 18 nitrogen and oxygen atoms in total. The lowest BCUT2D eigenvalue weighted by molar-refractivity contribution is -0.384. The number of anilines is 5. The molecule has 3 N–H and O–H groups in total. The van der Waals surface area contributed by atoms with Crippen molar-refractivity contribution < 1.29 is 20.1 Å². The highest BCUT2D eigenvalue weighted by molar-refractivity contribution is 7.98. The van der Waals surface area contributed by atoms with Crippen LogP contribution in [0.15, 0.2) is 56.7 Å². The van der Waals surface area contributed by atoms with E-state index in [1.165, 1.54) is 37.6 Å². The summed E-state index contributed by atoms with van der Waals surface area (Å²) in [6, 6.07) is 9.95. The van der Waals surface area contributed by atoms with Gasteiger partial charge >= 0.3 is 11.4 Å². The molecule has 0 aliphatic carbocycles. The fourth-order valence-electron chi connectivity index (χ4n) is 5.39. The summed E-state index contributed by atoms with van der Waals surface area (Å²) >= 11 is 8.41. The molecular weight excluding hydrogens is 880 g/mol. The molecule has 0 saturated carbocycles. The van der Waals surface area contributed by atoms with E-state index in [2.05, 4.69) is 87.4 Å². The van der Waals surface area contributed by atoms with Crippen LogP contribution < -0.4 is 31.1 Å². The van der Waals surface area contributed by atoms with E-state index in [1.807, 2.05) is 20.2 Å². The van der Waals surface area contributed by atoms with Gasteiger partial charge in [-0.3, -0.25) is 20.2 Å². The number of hydrogen-bond donors (Lipinski definition) is 3. The molecule has 0 spiro atoms. The highest BCUT2D eigenvalue weighted by atomic mass is 35.5. The summed E-state index contributed by atoms with van der Waals surface area (Å²) in [5.74, 6) is -0.476. The number of nitrogens with zero attached hydrogens (tertiary/aromatic N) is 9. The molecule has 2 aromatic carbocycles. The van der Waals surface area contributed by atoms with Crippen LogP contribution in [0.5, 0.6) is 0 Å². The fourth-order valence-corrected chi connectivity index (χ4v) is 6.41. The van der Waals surface area contributed by atoms with Crippen LogP contribution in [0.4, 0.5) is 40.2 Å². The first kappa shape index (κ1) is 55.0. The average Bonchev–Trinajstić information content (AvgIpc) is 3.17. The Morgan fingerprint density at radius 2 is 1.18 bits per heavy atom. The lowest BCUT2D eigenvalue weighted by Crippen LogP contribution is -2.30. The monoisotopic (exact) mass is 934 g/mol. The predicted molar refractivity (Wildman–Crippen MR) is 253 cm³/mol. The zero-order valence-corrected chi connectivity index (χ0v) is 40.7. The minimum absolute atomic E-state index is 0. The van der Waals surface area contributed by atoms with Gasteiger partial charge in [0.25, 0.3) is 0 Å². The number of halogens is 2. The summed E-state index contributed by atoms with van der Waals surface area (Å²) in [4.78, 5) is 47.9. The normalized spacial score (nSPS) is 11.6. The molecule has 0 saturated heterocycles. The Hall–Kier alpha value is -5.02. The minimum atomic E-state index is -0.652. The van der Waals surface area contributed by atoms with Gasteiger partial charge in [0, 0.05) is 39.1 Å². The Bertz CT molecular complexity index is 2240. The number of rotatable bonds is 13. The number of aromatic nitrogens is 4. The molecule has 0 atom stereocenters. The Balaban J connectivity index is 0.000000538. The molecule has 0 amide bonds. The Morgan fingerprint density at radius 1 is 0.758 bits per heavy atom. The summed E-state index contributed by atoms with van der Waals surface area (Å²) < 4.78 is 0. The average molecular weight is 936 g/mol. The van der Waals surface area contributed by atoms with Crippen molar-refractivity contribution in [3.05, 3.63) is 84.0 Å². The highest BCUT2D eigenvalue weighted by Gasteiger charge is 2.30. The van der Waals surface area contributed by atoms with Crippen LogP contribution in [0, 0.1) is 44.9 Å². The van der Waals surface area contributed by atoms with Crippen LogP contribution in [0.1, 0.15) is 63.8 Å². The van der Waals surface area contributed by atoms with Gasteiger partial charge in [-0.1, -0.05) is 101 Å². The van der Waals surface area contributed by atoms with Gasteiger partial charge in [-0.15, -0.1) is 12.4 Å². The van der Waals surface area contributed by atoms with Crippen molar-refractivity contribution in [3.8, 4) is 0 Å². The van der Waals surface area contributed by atoms with Gasteiger partial charge in [0.1, 0.15) is 0 Å². The fraction of sp³-hybridized carbons (Fsp3) is 0.450. The van der Waals surface area contributed by atoms with E-state index in [0.29, 0.717) is 44.8 Å². The zero-order valence-electron chi connectivity index (χ0n) is 37.5. The quantitative estimate of drug-likeness (QED) is 0.0222. The lowest BCUT2D eigenvalue weighted by Gasteiger charge is -2.27. The molecule has 4 aromatic rings. The number of benzene rings is 2. The molecule has 0 aliphatic rings. The standard InChI is InChI=1S/C20H28N6O3S.C14H14ClN5O3S.C6H15N.ClH/c1-12-8-9-13(18(27)21-5)10-14(12)22-16-15(26(28)29)17(24-19(23-16)30-7)25(6)11-20(2,3)4;1-7-4-5-8(13(21)16-2)6-9(7)17-12-10(20(22)23)11(15)18-14(19-12)24-3;1-6(2,3)5-7-4;/h8-10H,11H2,1-7H3,(H,21,27)(H,22,23,24);4-6H,1-3H3,(H,16,21)(H,17,18,19);7H,5H2,1-4H3;1H/p-2. The highest BCUT2D eigenvalue weighted by Crippen LogP contribution is 2.38. The van der Waals surface area contributed by atoms with Crippen LogP contribution in [0.3, 0.4) is 0 Å². The molecule has 0 bridgehead atoms. The predicted octanol–water partition coefficient (Wildman–Crippen LogP) is 7.60. The summed E-state index contributed by atoms with van der Waals surface area (Å²) in [6.45, 7) is 18.1.